The van der Waals surface area contributed by atoms with Gasteiger partial charge in [0, 0.05) is 18.8 Å². The smallest absolute Gasteiger partial charge is 0.325 e. The number of hydrogen-bond donors (Lipinski definition) is 1. The van der Waals surface area contributed by atoms with Gasteiger partial charge in [-0.2, -0.15) is 11.8 Å². The van der Waals surface area contributed by atoms with E-state index in [1.165, 1.54) is 0 Å². The lowest BCUT2D eigenvalue weighted by molar-refractivity contribution is -0.139. The zero-order valence-corrected chi connectivity index (χ0v) is 13.1. The standard InChI is InChI=1S/C14H21N3O3S/c1-10-3-2-5-16(7-10)11(18)8-17-12(19)14(15-13(17)20)4-6-21-9-14/h10H,2-9H2,1H3,(H,15,20)/t10-,14+/m0/s1. The van der Waals surface area contributed by atoms with E-state index in [1.54, 1.807) is 16.7 Å². The molecule has 1 spiro atoms. The van der Waals surface area contributed by atoms with E-state index in [0.717, 1.165) is 36.6 Å². The number of hydrogen-bond acceptors (Lipinski definition) is 4. The summed E-state index contributed by atoms with van der Waals surface area (Å²) in [6, 6.07) is -0.416. The maximum atomic E-state index is 12.5. The summed E-state index contributed by atoms with van der Waals surface area (Å²) < 4.78 is 0. The van der Waals surface area contributed by atoms with E-state index in [4.69, 9.17) is 0 Å². The van der Waals surface area contributed by atoms with E-state index in [0.29, 0.717) is 18.1 Å². The number of thioether (sulfide) groups is 1. The van der Waals surface area contributed by atoms with E-state index in [9.17, 15) is 14.4 Å². The first-order valence-corrected chi connectivity index (χ1v) is 8.67. The van der Waals surface area contributed by atoms with Crippen molar-refractivity contribution in [3.05, 3.63) is 0 Å². The molecule has 0 aromatic heterocycles. The fourth-order valence-corrected chi connectivity index (χ4v) is 4.63. The molecule has 3 heterocycles. The minimum atomic E-state index is -0.753. The van der Waals surface area contributed by atoms with E-state index < -0.39 is 11.6 Å². The summed E-state index contributed by atoms with van der Waals surface area (Å²) in [6.07, 6.45) is 2.79. The summed E-state index contributed by atoms with van der Waals surface area (Å²) in [6.45, 7) is 3.46. The van der Waals surface area contributed by atoms with E-state index in [2.05, 4.69) is 12.2 Å². The summed E-state index contributed by atoms with van der Waals surface area (Å²) in [4.78, 5) is 39.7. The first kappa shape index (κ1) is 14.7. The van der Waals surface area contributed by atoms with Gasteiger partial charge in [-0.1, -0.05) is 6.92 Å². The van der Waals surface area contributed by atoms with Crippen molar-refractivity contribution in [2.24, 2.45) is 5.92 Å². The van der Waals surface area contributed by atoms with Crippen LogP contribution >= 0.6 is 11.8 Å². The number of piperidine rings is 1. The highest BCUT2D eigenvalue weighted by Gasteiger charge is 2.53. The van der Waals surface area contributed by atoms with Crippen LogP contribution in [0.4, 0.5) is 4.79 Å². The first-order valence-electron chi connectivity index (χ1n) is 7.51. The molecule has 4 amide bonds. The normalized spacial score (nSPS) is 32.9. The molecule has 3 fully saturated rings. The predicted molar refractivity (Wildman–Crippen MR) is 79.9 cm³/mol. The summed E-state index contributed by atoms with van der Waals surface area (Å²) in [5.74, 6) is 1.63. The lowest BCUT2D eigenvalue weighted by Crippen LogP contribution is -2.49. The van der Waals surface area contributed by atoms with Crippen molar-refractivity contribution < 1.29 is 14.4 Å². The molecular formula is C14H21N3O3S. The van der Waals surface area contributed by atoms with Gasteiger partial charge < -0.3 is 10.2 Å². The topological polar surface area (TPSA) is 69.7 Å². The molecule has 0 bridgehead atoms. The van der Waals surface area contributed by atoms with Crippen LogP contribution in [0.15, 0.2) is 0 Å². The molecule has 0 unspecified atom stereocenters. The van der Waals surface area contributed by atoms with Crippen molar-refractivity contribution in [2.45, 2.75) is 31.7 Å². The molecule has 3 aliphatic rings. The third kappa shape index (κ3) is 2.63. The van der Waals surface area contributed by atoms with Crippen molar-refractivity contribution in [3.63, 3.8) is 0 Å². The van der Waals surface area contributed by atoms with E-state index in [1.807, 2.05) is 0 Å². The second-order valence-electron chi connectivity index (χ2n) is 6.29. The second kappa shape index (κ2) is 5.51. The zero-order valence-electron chi connectivity index (χ0n) is 12.3. The van der Waals surface area contributed by atoms with Crippen molar-refractivity contribution >= 4 is 29.6 Å². The fraction of sp³-hybridized carbons (Fsp3) is 0.786. The van der Waals surface area contributed by atoms with Crippen LogP contribution in [0.5, 0.6) is 0 Å². The SMILES string of the molecule is C[C@H]1CCCN(C(=O)CN2C(=O)N[C@@]3(CCSC3)C2=O)C1. The summed E-state index contributed by atoms with van der Waals surface area (Å²) in [5, 5.41) is 2.79. The van der Waals surface area contributed by atoms with Gasteiger partial charge in [0.2, 0.25) is 5.91 Å². The largest absolute Gasteiger partial charge is 0.341 e. The van der Waals surface area contributed by atoms with Crippen LogP contribution in [0.25, 0.3) is 0 Å². The van der Waals surface area contributed by atoms with Crippen molar-refractivity contribution in [1.29, 1.82) is 0 Å². The number of likely N-dealkylation sites (tertiary alicyclic amines) is 1. The van der Waals surface area contributed by atoms with Crippen LogP contribution in [-0.4, -0.2) is 64.3 Å². The van der Waals surface area contributed by atoms with Crippen LogP contribution in [-0.2, 0) is 9.59 Å². The molecule has 0 aromatic carbocycles. The van der Waals surface area contributed by atoms with Gasteiger partial charge in [-0.05, 0) is 30.9 Å². The molecule has 0 radical (unpaired) electrons. The fourth-order valence-electron chi connectivity index (χ4n) is 3.30. The number of imide groups is 1. The number of nitrogens with one attached hydrogen (secondary N) is 1. The van der Waals surface area contributed by atoms with Gasteiger partial charge in [-0.3, -0.25) is 14.5 Å². The minimum absolute atomic E-state index is 0.118. The highest BCUT2D eigenvalue weighted by Crippen LogP contribution is 2.33. The number of urea groups is 1. The lowest BCUT2D eigenvalue weighted by atomic mass is 9.99. The van der Waals surface area contributed by atoms with Crippen LogP contribution in [0.2, 0.25) is 0 Å². The molecule has 3 rings (SSSR count). The molecule has 0 aromatic rings. The number of rotatable bonds is 2. The second-order valence-corrected chi connectivity index (χ2v) is 7.40. The Morgan fingerprint density at radius 1 is 1.48 bits per heavy atom. The van der Waals surface area contributed by atoms with Crippen molar-refractivity contribution in [1.82, 2.24) is 15.1 Å². The number of nitrogens with zero attached hydrogens (tertiary/aromatic N) is 2. The van der Waals surface area contributed by atoms with Gasteiger partial charge in [-0.15, -0.1) is 0 Å². The monoisotopic (exact) mass is 311 g/mol. The van der Waals surface area contributed by atoms with Crippen molar-refractivity contribution in [3.8, 4) is 0 Å². The average molecular weight is 311 g/mol. The van der Waals surface area contributed by atoms with Gasteiger partial charge in [0.1, 0.15) is 12.1 Å². The van der Waals surface area contributed by atoms with Gasteiger partial charge in [0.25, 0.3) is 5.91 Å². The summed E-state index contributed by atoms with van der Waals surface area (Å²) in [7, 11) is 0. The number of carbonyl (C=O) groups is 3. The first-order chi connectivity index (χ1) is 10.0. The molecule has 1 N–H and O–H groups in total. The van der Waals surface area contributed by atoms with Crippen molar-refractivity contribution in [2.75, 3.05) is 31.1 Å². The van der Waals surface area contributed by atoms with E-state index in [-0.39, 0.29) is 18.4 Å². The summed E-state index contributed by atoms with van der Waals surface area (Å²) in [5.41, 5.74) is -0.753. The van der Waals surface area contributed by atoms with Gasteiger partial charge in [-0.25, -0.2) is 4.79 Å². The van der Waals surface area contributed by atoms with Crippen LogP contribution in [0.1, 0.15) is 26.2 Å². The maximum Gasteiger partial charge on any atom is 0.325 e. The Bertz CT molecular complexity index is 476. The molecule has 6 nitrogen and oxygen atoms in total. The number of carbonyl (C=O) groups excluding carboxylic acids is 3. The third-order valence-corrected chi connectivity index (χ3v) is 5.76. The predicted octanol–water partition coefficient (Wildman–Crippen LogP) is 0.672. The van der Waals surface area contributed by atoms with Crippen LogP contribution < -0.4 is 5.32 Å². The quantitative estimate of drug-likeness (QED) is 0.761. The Morgan fingerprint density at radius 2 is 2.29 bits per heavy atom. The van der Waals surface area contributed by atoms with E-state index >= 15 is 0 Å². The molecule has 2 atom stereocenters. The lowest BCUT2D eigenvalue weighted by Gasteiger charge is -2.31. The van der Waals surface area contributed by atoms with Crippen LogP contribution in [0.3, 0.4) is 0 Å². The van der Waals surface area contributed by atoms with Gasteiger partial charge in [0.05, 0.1) is 0 Å². The molecule has 116 valence electrons. The Morgan fingerprint density at radius 3 is 2.95 bits per heavy atom. The zero-order chi connectivity index (χ0) is 15.0. The Hall–Kier alpha value is -1.24. The van der Waals surface area contributed by atoms with Gasteiger partial charge >= 0.3 is 6.03 Å². The third-order valence-electron chi connectivity index (χ3n) is 4.57. The highest BCUT2D eigenvalue weighted by molar-refractivity contribution is 7.99. The molecule has 3 aliphatic heterocycles. The molecule has 0 saturated carbocycles. The molecule has 3 saturated heterocycles. The van der Waals surface area contributed by atoms with Gasteiger partial charge in [0.15, 0.2) is 0 Å². The number of amides is 4. The summed E-state index contributed by atoms with van der Waals surface area (Å²) >= 11 is 1.67. The average Bonchev–Trinajstić information content (AvgIpc) is 3.00. The molecule has 7 heteroatoms. The maximum absolute atomic E-state index is 12.5. The minimum Gasteiger partial charge on any atom is -0.341 e. The van der Waals surface area contributed by atoms with Crippen LogP contribution in [0, 0.1) is 5.92 Å². The molecular weight excluding hydrogens is 290 g/mol. The Labute approximate surface area is 128 Å². The Balaban J connectivity index is 1.65. The highest BCUT2D eigenvalue weighted by atomic mass is 32.2. The molecule has 21 heavy (non-hydrogen) atoms. The Kier molecular flexibility index (Phi) is 3.86. The molecule has 0 aliphatic carbocycles.